The predicted octanol–water partition coefficient (Wildman–Crippen LogP) is 2.40. The van der Waals surface area contributed by atoms with Crippen LogP contribution < -0.4 is 0 Å². The molecule has 1 aromatic rings. The second-order valence-electron chi connectivity index (χ2n) is 4.61. The van der Waals surface area contributed by atoms with Gasteiger partial charge in [0.15, 0.2) is 0 Å². The number of esters is 1. The number of hydrogen-bond acceptors (Lipinski definition) is 4. The average molecular weight is 341 g/mol. The molecule has 108 valence electrons. The zero-order valence-electron chi connectivity index (χ0n) is 11.3. The molecule has 1 aliphatic rings. The first kappa shape index (κ1) is 15.0. The number of halogens is 1. The molecule has 0 aliphatic carbocycles. The Morgan fingerprint density at radius 3 is 2.95 bits per heavy atom. The minimum Gasteiger partial charge on any atom is -0.464 e. The van der Waals surface area contributed by atoms with Crippen LogP contribution in [0, 0.1) is 0 Å². The van der Waals surface area contributed by atoms with Gasteiger partial charge >= 0.3 is 5.97 Å². The first-order valence-corrected chi connectivity index (χ1v) is 7.53. The van der Waals surface area contributed by atoms with Gasteiger partial charge in [0.1, 0.15) is 16.3 Å². The normalized spacial score (nSPS) is 18.7. The van der Waals surface area contributed by atoms with Gasteiger partial charge in [0, 0.05) is 6.54 Å². The lowest BCUT2D eigenvalue weighted by Gasteiger charge is -2.33. The maximum atomic E-state index is 12.5. The van der Waals surface area contributed by atoms with Gasteiger partial charge in [0.05, 0.1) is 6.61 Å². The standard InChI is InChI=1S/C14H17BrN2O3/c1-2-20-14(19)11-7-3-4-9-17(11)13(18)10-6-5-8-12(15)16-10/h5-6,8,11H,2-4,7,9H2,1H3. The second kappa shape index (κ2) is 6.83. The molecule has 2 heterocycles. The van der Waals surface area contributed by atoms with Crippen molar-refractivity contribution in [1.29, 1.82) is 0 Å². The molecule has 0 N–H and O–H groups in total. The van der Waals surface area contributed by atoms with E-state index in [1.165, 1.54) is 0 Å². The molecule has 2 rings (SSSR count). The van der Waals surface area contributed by atoms with Gasteiger partial charge in [-0.1, -0.05) is 6.07 Å². The van der Waals surface area contributed by atoms with Gasteiger partial charge in [-0.3, -0.25) is 4.79 Å². The topological polar surface area (TPSA) is 59.5 Å². The fourth-order valence-electron chi connectivity index (χ4n) is 2.33. The molecule has 1 unspecified atom stereocenters. The monoisotopic (exact) mass is 340 g/mol. The lowest BCUT2D eigenvalue weighted by atomic mass is 10.0. The van der Waals surface area contributed by atoms with E-state index in [1.54, 1.807) is 30.0 Å². The maximum Gasteiger partial charge on any atom is 0.328 e. The van der Waals surface area contributed by atoms with Crippen LogP contribution in [0.25, 0.3) is 0 Å². The molecule has 6 heteroatoms. The van der Waals surface area contributed by atoms with Crippen LogP contribution in [0.4, 0.5) is 0 Å². The van der Waals surface area contributed by atoms with Crippen molar-refractivity contribution in [3.05, 3.63) is 28.5 Å². The first-order chi connectivity index (χ1) is 9.63. The average Bonchev–Trinajstić information content (AvgIpc) is 2.47. The van der Waals surface area contributed by atoms with Crippen LogP contribution in [-0.2, 0) is 9.53 Å². The predicted molar refractivity (Wildman–Crippen MR) is 77.2 cm³/mol. The lowest BCUT2D eigenvalue weighted by Crippen LogP contribution is -2.48. The number of hydrogen-bond donors (Lipinski definition) is 0. The summed E-state index contributed by atoms with van der Waals surface area (Å²) in [5, 5.41) is 0. The summed E-state index contributed by atoms with van der Waals surface area (Å²) in [4.78, 5) is 30.2. The zero-order valence-corrected chi connectivity index (χ0v) is 12.9. The van der Waals surface area contributed by atoms with E-state index in [0.717, 1.165) is 12.8 Å². The van der Waals surface area contributed by atoms with Crippen LogP contribution in [0.1, 0.15) is 36.7 Å². The highest BCUT2D eigenvalue weighted by atomic mass is 79.9. The third-order valence-electron chi connectivity index (χ3n) is 3.26. The van der Waals surface area contributed by atoms with Crippen LogP contribution in [0.15, 0.2) is 22.8 Å². The number of carbonyl (C=O) groups excluding carboxylic acids is 2. The van der Waals surface area contributed by atoms with Gasteiger partial charge in [0.2, 0.25) is 0 Å². The number of amides is 1. The Morgan fingerprint density at radius 1 is 1.45 bits per heavy atom. The number of aromatic nitrogens is 1. The van der Waals surface area contributed by atoms with E-state index in [4.69, 9.17) is 4.74 Å². The smallest absolute Gasteiger partial charge is 0.328 e. The Labute approximate surface area is 126 Å². The van der Waals surface area contributed by atoms with Crippen LogP contribution in [0.5, 0.6) is 0 Å². The van der Waals surface area contributed by atoms with Crippen molar-refractivity contribution in [2.24, 2.45) is 0 Å². The van der Waals surface area contributed by atoms with E-state index in [0.29, 0.717) is 29.9 Å². The van der Waals surface area contributed by atoms with Crippen molar-refractivity contribution in [2.45, 2.75) is 32.2 Å². The minimum atomic E-state index is -0.489. The number of piperidine rings is 1. The van der Waals surface area contributed by atoms with Crippen LogP contribution in [0.3, 0.4) is 0 Å². The molecule has 1 amide bonds. The molecule has 1 fully saturated rings. The first-order valence-electron chi connectivity index (χ1n) is 6.73. The van der Waals surface area contributed by atoms with Crippen LogP contribution in [-0.4, -0.2) is 41.0 Å². The molecule has 20 heavy (non-hydrogen) atoms. The third kappa shape index (κ3) is 3.36. The molecule has 1 atom stereocenters. The van der Waals surface area contributed by atoms with Crippen molar-refractivity contribution in [3.63, 3.8) is 0 Å². The molecule has 1 saturated heterocycles. The van der Waals surface area contributed by atoms with Gasteiger partial charge in [-0.25, -0.2) is 9.78 Å². The summed E-state index contributed by atoms with van der Waals surface area (Å²) in [6, 6.07) is 4.69. The molecule has 0 bridgehead atoms. The number of pyridine rings is 1. The molecule has 5 nitrogen and oxygen atoms in total. The van der Waals surface area contributed by atoms with Crippen molar-refractivity contribution in [1.82, 2.24) is 9.88 Å². The van der Waals surface area contributed by atoms with E-state index in [9.17, 15) is 9.59 Å². The Balaban J connectivity index is 2.19. The molecule has 0 saturated carbocycles. The Morgan fingerprint density at radius 2 is 2.25 bits per heavy atom. The summed E-state index contributed by atoms with van der Waals surface area (Å²) in [6.07, 6.45) is 2.48. The maximum absolute atomic E-state index is 12.5. The van der Waals surface area contributed by atoms with E-state index < -0.39 is 6.04 Å². The lowest BCUT2D eigenvalue weighted by molar-refractivity contribution is -0.149. The summed E-state index contributed by atoms with van der Waals surface area (Å²) in [6.45, 7) is 2.66. The summed E-state index contributed by atoms with van der Waals surface area (Å²) < 4.78 is 5.66. The van der Waals surface area contributed by atoms with Gasteiger partial charge < -0.3 is 9.64 Å². The highest BCUT2D eigenvalue weighted by molar-refractivity contribution is 9.10. The molecule has 1 aliphatic heterocycles. The summed E-state index contributed by atoms with van der Waals surface area (Å²) in [7, 11) is 0. The van der Waals surface area contributed by atoms with Crippen molar-refractivity contribution in [2.75, 3.05) is 13.2 Å². The minimum absolute atomic E-state index is 0.218. The van der Waals surface area contributed by atoms with E-state index in [1.807, 2.05) is 0 Å². The summed E-state index contributed by atoms with van der Waals surface area (Å²) in [5.74, 6) is -0.542. The number of nitrogens with zero attached hydrogens (tertiary/aromatic N) is 2. The highest BCUT2D eigenvalue weighted by Crippen LogP contribution is 2.21. The molecule has 0 radical (unpaired) electrons. The Bertz CT molecular complexity index is 507. The zero-order chi connectivity index (χ0) is 14.5. The summed E-state index contributed by atoms with van der Waals surface area (Å²) in [5.41, 5.74) is 0.343. The largest absolute Gasteiger partial charge is 0.464 e. The van der Waals surface area contributed by atoms with E-state index >= 15 is 0 Å². The van der Waals surface area contributed by atoms with Crippen LogP contribution in [0.2, 0.25) is 0 Å². The van der Waals surface area contributed by atoms with Gasteiger partial charge in [-0.15, -0.1) is 0 Å². The van der Waals surface area contributed by atoms with Crippen LogP contribution >= 0.6 is 15.9 Å². The number of likely N-dealkylation sites (tertiary alicyclic amines) is 1. The number of ether oxygens (including phenoxy) is 1. The van der Waals surface area contributed by atoms with Gasteiger partial charge in [-0.05, 0) is 54.2 Å². The van der Waals surface area contributed by atoms with E-state index in [2.05, 4.69) is 20.9 Å². The third-order valence-corrected chi connectivity index (χ3v) is 3.70. The van der Waals surface area contributed by atoms with Crippen molar-refractivity contribution < 1.29 is 14.3 Å². The van der Waals surface area contributed by atoms with Crippen molar-refractivity contribution >= 4 is 27.8 Å². The highest BCUT2D eigenvalue weighted by Gasteiger charge is 2.34. The number of rotatable bonds is 3. The molecular weight excluding hydrogens is 324 g/mol. The quantitative estimate of drug-likeness (QED) is 0.626. The fourth-order valence-corrected chi connectivity index (χ4v) is 2.68. The summed E-state index contributed by atoms with van der Waals surface area (Å²) >= 11 is 3.25. The van der Waals surface area contributed by atoms with Gasteiger partial charge in [-0.2, -0.15) is 0 Å². The number of carbonyl (C=O) groups is 2. The second-order valence-corrected chi connectivity index (χ2v) is 5.42. The molecule has 1 aromatic heterocycles. The Kier molecular flexibility index (Phi) is 5.11. The molecule has 0 spiro atoms. The van der Waals surface area contributed by atoms with E-state index in [-0.39, 0.29) is 11.9 Å². The molecular formula is C14H17BrN2O3. The van der Waals surface area contributed by atoms with Crippen molar-refractivity contribution in [3.8, 4) is 0 Å². The van der Waals surface area contributed by atoms with Gasteiger partial charge in [0.25, 0.3) is 5.91 Å². The SMILES string of the molecule is CCOC(=O)C1CCCCN1C(=O)c1cccc(Br)n1. The fraction of sp³-hybridized carbons (Fsp3) is 0.500. The molecule has 0 aromatic carbocycles. The Hall–Kier alpha value is -1.43.